The number of nitrogens with zero attached hydrogens (tertiary/aromatic N) is 3. The molecule has 170 valence electrons. The molecular formula is C21H23F2N5O2S2. The second-order valence-electron chi connectivity index (χ2n) is 7.72. The Hall–Kier alpha value is -2.42. The van der Waals surface area contributed by atoms with Crippen molar-refractivity contribution >= 4 is 38.5 Å². The number of halogens is 2. The second kappa shape index (κ2) is 9.21. The van der Waals surface area contributed by atoms with Gasteiger partial charge in [0.2, 0.25) is 10.0 Å². The lowest BCUT2D eigenvalue weighted by Crippen LogP contribution is -2.40. The van der Waals surface area contributed by atoms with Crippen LogP contribution < -0.4 is 10.0 Å². The highest BCUT2D eigenvalue weighted by Gasteiger charge is 2.31. The maximum atomic E-state index is 12.8. The first kappa shape index (κ1) is 22.8. The van der Waals surface area contributed by atoms with Crippen LogP contribution in [0.15, 0.2) is 39.2 Å². The van der Waals surface area contributed by atoms with Gasteiger partial charge in [-0.05, 0) is 37.7 Å². The van der Waals surface area contributed by atoms with E-state index in [1.165, 1.54) is 6.20 Å². The van der Waals surface area contributed by atoms with Gasteiger partial charge >= 0.3 is 0 Å². The average Bonchev–Trinajstić information content (AvgIpc) is 3.09. The lowest BCUT2D eigenvalue weighted by molar-refractivity contribution is 0.320. The van der Waals surface area contributed by atoms with Gasteiger partial charge in [0.25, 0.3) is 0 Å². The Bertz CT molecular complexity index is 1240. The number of benzene rings is 1. The minimum Gasteiger partial charge on any atom is -0.344 e. The summed E-state index contributed by atoms with van der Waals surface area (Å²) in [4.78, 5) is 5.37. The minimum absolute atomic E-state index is 0.123. The monoisotopic (exact) mass is 479 g/mol. The number of amidine groups is 1. The van der Waals surface area contributed by atoms with Crippen molar-refractivity contribution in [1.82, 2.24) is 14.6 Å². The van der Waals surface area contributed by atoms with Crippen LogP contribution in [0.3, 0.4) is 0 Å². The molecule has 0 radical (unpaired) electrons. The average molecular weight is 480 g/mol. The van der Waals surface area contributed by atoms with E-state index in [9.17, 15) is 22.5 Å². The summed E-state index contributed by atoms with van der Waals surface area (Å²) in [6, 6.07) is 7.08. The van der Waals surface area contributed by atoms with Crippen molar-refractivity contribution in [2.24, 2.45) is 4.99 Å². The smallest absolute Gasteiger partial charge is 0.240 e. The maximum Gasteiger partial charge on any atom is 0.240 e. The van der Waals surface area contributed by atoms with E-state index < -0.39 is 29.4 Å². The Morgan fingerprint density at radius 3 is 2.66 bits per heavy atom. The van der Waals surface area contributed by atoms with Gasteiger partial charge in [0.15, 0.2) is 5.84 Å². The van der Waals surface area contributed by atoms with E-state index in [1.807, 2.05) is 23.1 Å². The Morgan fingerprint density at radius 2 is 2.12 bits per heavy atom. The fourth-order valence-electron chi connectivity index (χ4n) is 3.89. The third-order valence-electron chi connectivity index (χ3n) is 5.79. The number of thioether (sulfide) groups is 1. The number of rotatable bonds is 8. The lowest BCUT2D eigenvalue weighted by Gasteiger charge is -2.30. The molecule has 0 atom stereocenters. The molecule has 11 heteroatoms. The Labute approximate surface area is 189 Å². The molecule has 4 rings (SSSR count). The van der Waals surface area contributed by atoms with Crippen LogP contribution in [0.25, 0.3) is 10.9 Å². The van der Waals surface area contributed by atoms with Crippen LogP contribution in [0.2, 0.25) is 0 Å². The number of hydrogen-bond acceptors (Lipinski definition) is 6. The fraction of sp³-hybridized carbons (Fsp3) is 0.429. The topological polar surface area (TPSA) is 99.3 Å². The second-order valence-corrected chi connectivity index (χ2v) is 10.4. The van der Waals surface area contributed by atoms with E-state index in [2.05, 4.69) is 27.0 Å². The van der Waals surface area contributed by atoms with E-state index in [0.29, 0.717) is 17.1 Å². The SMILES string of the molecule is CSc1ccc2c(C#N)c(C3=NCC(S(=O)(=O)NC(CF)CF)=CN3)n(C3CCC3)c2c1. The van der Waals surface area contributed by atoms with Crippen molar-refractivity contribution in [2.75, 3.05) is 26.1 Å². The van der Waals surface area contributed by atoms with Gasteiger partial charge in [0.1, 0.15) is 25.1 Å². The summed E-state index contributed by atoms with van der Waals surface area (Å²) in [5, 5.41) is 13.7. The summed E-state index contributed by atoms with van der Waals surface area (Å²) in [7, 11) is -4.09. The van der Waals surface area contributed by atoms with Crippen LogP contribution in [-0.4, -0.2) is 51.0 Å². The van der Waals surface area contributed by atoms with E-state index in [0.717, 1.165) is 35.1 Å². The molecule has 2 N–H and O–H groups in total. The third kappa shape index (κ3) is 4.02. The molecule has 0 amide bonds. The molecule has 1 fully saturated rings. The Kier molecular flexibility index (Phi) is 6.55. The van der Waals surface area contributed by atoms with Gasteiger partial charge in [-0.2, -0.15) is 5.26 Å². The van der Waals surface area contributed by atoms with Gasteiger partial charge in [-0.15, -0.1) is 11.8 Å². The zero-order valence-corrected chi connectivity index (χ0v) is 19.1. The van der Waals surface area contributed by atoms with Crippen LogP contribution in [0.5, 0.6) is 0 Å². The minimum atomic E-state index is -4.09. The summed E-state index contributed by atoms with van der Waals surface area (Å²) in [5.74, 6) is 0.404. The van der Waals surface area contributed by atoms with Crippen molar-refractivity contribution in [3.63, 3.8) is 0 Å². The quantitative estimate of drug-likeness (QED) is 0.566. The van der Waals surface area contributed by atoms with E-state index >= 15 is 0 Å². The summed E-state index contributed by atoms with van der Waals surface area (Å²) < 4.78 is 54.6. The van der Waals surface area contributed by atoms with Crippen molar-refractivity contribution < 1.29 is 17.2 Å². The van der Waals surface area contributed by atoms with Gasteiger partial charge < -0.3 is 9.88 Å². The van der Waals surface area contributed by atoms with Gasteiger partial charge in [0.05, 0.1) is 28.6 Å². The molecule has 2 aliphatic rings. The van der Waals surface area contributed by atoms with Crippen molar-refractivity contribution in [2.45, 2.75) is 36.2 Å². The van der Waals surface area contributed by atoms with Crippen molar-refractivity contribution in [3.05, 3.63) is 40.6 Å². The zero-order valence-electron chi connectivity index (χ0n) is 17.4. The molecule has 1 aromatic heterocycles. The van der Waals surface area contributed by atoms with Crippen LogP contribution in [0.1, 0.15) is 36.6 Å². The molecular weight excluding hydrogens is 456 g/mol. The summed E-state index contributed by atoms with van der Waals surface area (Å²) >= 11 is 1.62. The molecule has 1 aliphatic carbocycles. The van der Waals surface area contributed by atoms with Crippen LogP contribution >= 0.6 is 11.8 Å². The number of aromatic nitrogens is 1. The molecule has 2 heterocycles. The number of hydrogen-bond donors (Lipinski definition) is 2. The van der Waals surface area contributed by atoms with Crippen molar-refractivity contribution in [1.29, 1.82) is 5.26 Å². The van der Waals surface area contributed by atoms with Gasteiger partial charge in [0, 0.05) is 22.5 Å². The first-order chi connectivity index (χ1) is 15.4. The summed E-state index contributed by atoms with van der Waals surface area (Å²) in [6.07, 6.45) is 6.35. The standard InChI is InChI=1S/C21H23F2N5O2S2/c1-31-15-5-6-17-18(10-24)20(28(19(17)7-15)14-3-2-4-14)21-25-11-16(12-26-21)32(29,30)27-13(8-22)9-23/h5-7,11,13-14,27H,2-4,8-9,12H2,1H3,(H,25,26). The number of sulfonamides is 1. The zero-order chi connectivity index (χ0) is 22.9. The normalized spacial score (nSPS) is 17.0. The number of nitrogens with one attached hydrogen (secondary N) is 2. The van der Waals surface area contributed by atoms with Crippen LogP contribution in [0, 0.1) is 11.3 Å². The maximum absolute atomic E-state index is 12.8. The molecule has 1 saturated carbocycles. The van der Waals surface area contributed by atoms with Gasteiger partial charge in [-0.1, -0.05) is 6.07 Å². The first-order valence-electron chi connectivity index (χ1n) is 10.2. The van der Waals surface area contributed by atoms with Gasteiger partial charge in [-0.25, -0.2) is 21.9 Å². The van der Waals surface area contributed by atoms with E-state index in [-0.39, 0.29) is 17.5 Å². The van der Waals surface area contributed by atoms with E-state index in [4.69, 9.17) is 0 Å². The largest absolute Gasteiger partial charge is 0.344 e. The van der Waals surface area contributed by atoms with Gasteiger partial charge in [-0.3, -0.25) is 4.99 Å². The molecule has 32 heavy (non-hydrogen) atoms. The summed E-state index contributed by atoms with van der Waals surface area (Å²) in [5.41, 5.74) is 2.07. The lowest BCUT2D eigenvalue weighted by atomic mass is 9.92. The molecule has 2 aromatic rings. The first-order valence-corrected chi connectivity index (χ1v) is 12.9. The molecule has 1 aliphatic heterocycles. The highest BCUT2D eigenvalue weighted by molar-refractivity contribution is 7.98. The number of alkyl halides is 2. The predicted molar refractivity (Wildman–Crippen MR) is 122 cm³/mol. The summed E-state index contributed by atoms with van der Waals surface area (Å²) in [6.45, 7) is -2.48. The Morgan fingerprint density at radius 1 is 1.38 bits per heavy atom. The van der Waals surface area contributed by atoms with Crippen LogP contribution in [-0.2, 0) is 10.0 Å². The van der Waals surface area contributed by atoms with Crippen LogP contribution in [0.4, 0.5) is 8.78 Å². The highest BCUT2D eigenvalue weighted by Crippen LogP contribution is 2.39. The highest BCUT2D eigenvalue weighted by atomic mass is 32.2. The van der Waals surface area contributed by atoms with E-state index in [1.54, 1.807) is 11.8 Å². The molecule has 1 aromatic carbocycles. The third-order valence-corrected chi connectivity index (χ3v) is 8.10. The molecule has 0 spiro atoms. The van der Waals surface area contributed by atoms with Crippen molar-refractivity contribution in [3.8, 4) is 6.07 Å². The number of fused-ring (bicyclic) bond motifs is 1. The number of nitriles is 1. The fourth-order valence-corrected chi connectivity index (χ4v) is 5.49. The molecule has 7 nitrogen and oxygen atoms in total. The Balaban J connectivity index is 1.73. The molecule has 0 unspecified atom stereocenters. The predicted octanol–water partition coefficient (Wildman–Crippen LogP) is 3.38. The molecule has 0 saturated heterocycles. The molecule has 0 bridgehead atoms. The number of aliphatic imine (C=N–C) groups is 1.